The third-order valence-corrected chi connectivity index (χ3v) is 5.03. The van der Waals surface area contributed by atoms with Crippen LogP contribution in [0.15, 0.2) is 29.3 Å². The van der Waals surface area contributed by atoms with Crippen molar-refractivity contribution in [1.29, 1.82) is 0 Å². The monoisotopic (exact) mass is 472 g/mol. The van der Waals surface area contributed by atoms with E-state index in [9.17, 15) is 0 Å². The van der Waals surface area contributed by atoms with Crippen molar-refractivity contribution in [2.24, 2.45) is 10.9 Å². The maximum absolute atomic E-state index is 4.35. The molecule has 1 saturated heterocycles. The molecule has 0 aliphatic carbocycles. The van der Waals surface area contributed by atoms with E-state index in [2.05, 4.69) is 72.6 Å². The van der Waals surface area contributed by atoms with E-state index < -0.39 is 0 Å². The first-order chi connectivity index (χ1) is 11.9. The smallest absolute Gasteiger partial charge is 0.190 e. The summed E-state index contributed by atoms with van der Waals surface area (Å²) in [5.41, 5.74) is 2.97. The average Bonchev–Trinajstić information content (AvgIpc) is 2.57. The maximum atomic E-state index is 4.35. The van der Waals surface area contributed by atoms with Crippen LogP contribution >= 0.6 is 24.0 Å². The van der Waals surface area contributed by atoms with E-state index in [0.717, 1.165) is 31.4 Å². The highest BCUT2D eigenvalue weighted by atomic mass is 127. The number of rotatable bonds is 5. The fraction of sp³-hybridized carbons (Fsp3) is 0.667. The zero-order valence-corrected chi connectivity index (χ0v) is 19.5. The number of halogens is 1. The molecule has 1 heterocycles. The van der Waals surface area contributed by atoms with Crippen molar-refractivity contribution in [3.8, 4) is 0 Å². The lowest BCUT2D eigenvalue weighted by Gasteiger charge is -2.30. The molecule has 1 aliphatic rings. The topological polar surface area (TPSA) is 39.7 Å². The summed E-state index contributed by atoms with van der Waals surface area (Å²) in [6.07, 6.45) is 3.63. The second-order valence-electron chi connectivity index (χ2n) is 8.35. The molecule has 26 heavy (non-hydrogen) atoms. The molecule has 0 bridgehead atoms. The van der Waals surface area contributed by atoms with Gasteiger partial charge in [-0.25, -0.2) is 0 Å². The van der Waals surface area contributed by atoms with E-state index in [1.54, 1.807) is 0 Å². The molecule has 0 saturated carbocycles. The van der Waals surface area contributed by atoms with Gasteiger partial charge in [0.15, 0.2) is 5.96 Å². The minimum atomic E-state index is 0. The van der Waals surface area contributed by atoms with Crippen molar-refractivity contribution in [2.45, 2.75) is 45.4 Å². The minimum absolute atomic E-state index is 0. The van der Waals surface area contributed by atoms with E-state index >= 15 is 0 Å². The van der Waals surface area contributed by atoms with Crippen LogP contribution in [-0.2, 0) is 11.8 Å². The van der Waals surface area contributed by atoms with Gasteiger partial charge in [0.05, 0.1) is 0 Å². The summed E-state index contributed by atoms with van der Waals surface area (Å²) in [5, 5.41) is 6.93. The first-order valence-corrected chi connectivity index (χ1v) is 9.61. The highest BCUT2D eigenvalue weighted by Crippen LogP contribution is 2.22. The summed E-state index contributed by atoms with van der Waals surface area (Å²) in [6, 6.07) is 9.00. The third kappa shape index (κ3) is 7.82. The van der Waals surface area contributed by atoms with Gasteiger partial charge in [-0.2, -0.15) is 0 Å². The molecule has 0 radical (unpaired) electrons. The van der Waals surface area contributed by atoms with Crippen LogP contribution in [0, 0.1) is 5.92 Å². The highest BCUT2D eigenvalue weighted by molar-refractivity contribution is 14.0. The fourth-order valence-electron chi connectivity index (χ4n) is 3.40. The molecule has 0 aromatic heterocycles. The van der Waals surface area contributed by atoms with Gasteiger partial charge in [-0.1, -0.05) is 45.0 Å². The van der Waals surface area contributed by atoms with Crippen LogP contribution in [0.3, 0.4) is 0 Å². The second-order valence-corrected chi connectivity index (χ2v) is 8.35. The van der Waals surface area contributed by atoms with E-state index in [4.69, 9.17) is 0 Å². The van der Waals surface area contributed by atoms with Crippen LogP contribution in [-0.4, -0.2) is 51.1 Å². The largest absolute Gasteiger partial charge is 0.356 e. The highest BCUT2D eigenvalue weighted by Gasteiger charge is 2.17. The summed E-state index contributed by atoms with van der Waals surface area (Å²) in [4.78, 5) is 6.77. The van der Waals surface area contributed by atoms with Gasteiger partial charge in [-0.3, -0.25) is 4.99 Å². The molecule has 0 amide bonds. The average molecular weight is 472 g/mol. The molecule has 2 rings (SSSR count). The number of guanidine groups is 1. The van der Waals surface area contributed by atoms with Gasteiger partial charge in [-0.05, 0) is 55.3 Å². The molecule has 4 nitrogen and oxygen atoms in total. The number of likely N-dealkylation sites (tertiary alicyclic amines) is 1. The third-order valence-electron chi connectivity index (χ3n) is 5.03. The summed E-state index contributed by atoms with van der Waals surface area (Å²) in [5.74, 6) is 1.64. The van der Waals surface area contributed by atoms with Gasteiger partial charge in [0.1, 0.15) is 0 Å². The molecular weight excluding hydrogens is 435 g/mol. The second kappa shape index (κ2) is 11.1. The van der Waals surface area contributed by atoms with Gasteiger partial charge >= 0.3 is 0 Å². The Hall–Kier alpha value is -0.820. The number of benzene rings is 1. The van der Waals surface area contributed by atoms with Gasteiger partial charge in [0, 0.05) is 26.7 Å². The Kier molecular flexibility index (Phi) is 9.93. The van der Waals surface area contributed by atoms with Crippen LogP contribution < -0.4 is 10.6 Å². The molecule has 1 fully saturated rings. The van der Waals surface area contributed by atoms with Crippen LogP contribution in [0.1, 0.15) is 44.7 Å². The zero-order valence-electron chi connectivity index (χ0n) is 17.1. The summed E-state index contributed by atoms with van der Waals surface area (Å²) < 4.78 is 0. The fourth-order valence-corrected chi connectivity index (χ4v) is 3.40. The Balaban J connectivity index is 0.00000338. The SMILES string of the molecule is CN=C(NCCc1ccc(C(C)(C)C)cc1)NCC1CCCN(C)C1.I. The van der Waals surface area contributed by atoms with Crippen molar-refractivity contribution >= 4 is 29.9 Å². The number of hydrogen-bond acceptors (Lipinski definition) is 2. The standard InChI is InChI=1S/C21H36N4.HI/c1-21(2,3)19-10-8-17(9-11-19)12-13-23-20(22-4)24-15-18-7-6-14-25(5)16-18;/h8-11,18H,6-7,12-16H2,1-5H3,(H2,22,23,24);1H. The number of nitrogens with one attached hydrogen (secondary N) is 2. The lowest BCUT2D eigenvalue weighted by Crippen LogP contribution is -2.44. The van der Waals surface area contributed by atoms with Crippen LogP contribution in [0.5, 0.6) is 0 Å². The van der Waals surface area contributed by atoms with Gasteiger partial charge in [-0.15, -0.1) is 24.0 Å². The normalized spacial score (nSPS) is 19.0. The van der Waals surface area contributed by atoms with E-state index in [1.807, 2.05) is 7.05 Å². The van der Waals surface area contributed by atoms with Crippen LogP contribution in [0.25, 0.3) is 0 Å². The molecule has 1 atom stereocenters. The lowest BCUT2D eigenvalue weighted by atomic mass is 9.86. The van der Waals surface area contributed by atoms with E-state index in [0.29, 0.717) is 0 Å². The van der Waals surface area contributed by atoms with Gasteiger partial charge in [0.25, 0.3) is 0 Å². The lowest BCUT2D eigenvalue weighted by molar-refractivity contribution is 0.210. The van der Waals surface area contributed by atoms with Crippen molar-refractivity contribution in [3.63, 3.8) is 0 Å². The molecule has 1 aliphatic heterocycles. The van der Waals surface area contributed by atoms with Gasteiger partial charge < -0.3 is 15.5 Å². The van der Waals surface area contributed by atoms with Gasteiger partial charge in [0.2, 0.25) is 0 Å². The Morgan fingerprint density at radius 2 is 1.88 bits per heavy atom. The van der Waals surface area contributed by atoms with Crippen molar-refractivity contribution in [2.75, 3.05) is 40.3 Å². The first-order valence-electron chi connectivity index (χ1n) is 9.61. The molecule has 0 spiro atoms. The first kappa shape index (κ1) is 23.2. The molecule has 1 unspecified atom stereocenters. The number of aliphatic imine (C=N–C) groups is 1. The Morgan fingerprint density at radius 1 is 1.19 bits per heavy atom. The van der Waals surface area contributed by atoms with Crippen molar-refractivity contribution < 1.29 is 0 Å². The summed E-state index contributed by atoms with van der Waals surface area (Å²) >= 11 is 0. The van der Waals surface area contributed by atoms with E-state index in [-0.39, 0.29) is 29.4 Å². The predicted molar refractivity (Wildman–Crippen MR) is 124 cm³/mol. The quantitative estimate of drug-likeness (QED) is 0.391. The van der Waals surface area contributed by atoms with Crippen molar-refractivity contribution in [3.05, 3.63) is 35.4 Å². The molecule has 1 aromatic rings. The molecule has 148 valence electrons. The Labute approximate surface area is 177 Å². The number of piperidine rings is 1. The summed E-state index contributed by atoms with van der Waals surface area (Å²) in [7, 11) is 4.06. The number of hydrogen-bond donors (Lipinski definition) is 2. The molecule has 5 heteroatoms. The zero-order chi connectivity index (χ0) is 18.3. The summed E-state index contributed by atoms with van der Waals surface area (Å²) in [6.45, 7) is 11.1. The van der Waals surface area contributed by atoms with E-state index in [1.165, 1.54) is 37.1 Å². The van der Waals surface area contributed by atoms with Crippen molar-refractivity contribution in [1.82, 2.24) is 15.5 Å². The van der Waals surface area contributed by atoms with Crippen LogP contribution in [0.2, 0.25) is 0 Å². The molecule has 1 aromatic carbocycles. The Bertz CT molecular complexity index is 548. The minimum Gasteiger partial charge on any atom is -0.356 e. The Morgan fingerprint density at radius 3 is 2.46 bits per heavy atom. The maximum Gasteiger partial charge on any atom is 0.190 e. The molecular formula is C21H37IN4. The predicted octanol–water partition coefficient (Wildman–Crippen LogP) is 3.65. The van der Waals surface area contributed by atoms with Crippen LogP contribution in [0.4, 0.5) is 0 Å². The number of nitrogens with zero attached hydrogens (tertiary/aromatic N) is 2. The molecule has 2 N–H and O–H groups in total.